The highest BCUT2D eigenvalue weighted by molar-refractivity contribution is 5.78. The second-order valence-corrected chi connectivity index (χ2v) is 5.71. The number of fused-ring (bicyclic) bond motifs is 1. The maximum atomic E-state index is 12.5. The summed E-state index contributed by atoms with van der Waals surface area (Å²) in [5, 5.41) is 10.6. The lowest BCUT2D eigenvalue weighted by Gasteiger charge is -2.12. The van der Waals surface area contributed by atoms with Crippen molar-refractivity contribution in [1.29, 1.82) is 0 Å². The minimum atomic E-state index is -3.00. The summed E-state index contributed by atoms with van der Waals surface area (Å²) in [7, 11) is 1.33. The van der Waals surface area contributed by atoms with Crippen LogP contribution in [-0.4, -0.2) is 34.6 Å². The standard InChI is InChI=1S/C18H16F2N4O4/c1-27-14-7-6-11(8-15(14)28-18(19)20)9-21-16(25)10-24-17(26)12-4-2-3-5-13(12)22-23-24/h2-8,18H,9-10H2,1H3,(H,21,25). The van der Waals surface area contributed by atoms with Crippen molar-refractivity contribution < 1.29 is 23.0 Å². The van der Waals surface area contributed by atoms with E-state index in [0.717, 1.165) is 4.68 Å². The van der Waals surface area contributed by atoms with Crippen LogP contribution in [0.15, 0.2) is 47.3 Å². The summed E-state index contributed by atoms with van der Waals surface area (Å²) < 4.78 is 35.3. The van der Waals surface area contributed by atoms with E-state index in [-0.39, 0.29) is 24.6 Å². The van der Waals surface area contributed by atoms with E-state index in [1.807, 2.05) is 0 Å². The molecular weight excluding hydrogens is 374 g/mol. The quantitative estimate of drug-likeness (QED) is 0.660. The van der Waals surface area contributed by atoms with Crippen LogP contribution in [0.1, 0.15) is 5.56 Å². The number of halogens is 2. The fourth-order valence-electron chi connectivity index (χ4n) is 2.54. The summed E-state index contributed by atoms with van der Waals surface area (Å²) in [6, 6.07) is 11.1. The minimum absolute atomic E-state index is 0.0399. The molecule has 1 N–H and O–H groups in total. The van der Waals surface area contributed by atoms with Gasteiger partial charge in [-0.3, -0.25) is 9.59 Å². The van der Waals surface area contributed by atoms with E-state index >= 15 is 0 Å². The van der Waals surface area contributed by atoms with Crippen LogP contribution in [0.2, 0.25) is 0 Å². The fourth-order valence-corrected chi connectivity index (χ4v) is 2.54. The molecule has 3 rings (SSSR count). The molecule has 1 aromatic heterocycles. The molecular formula is C18H16F2N4O4. The average Bonchev–Trinajstić information content (AvgIpc) is 2.68. The molecule has 0 unspecified atom stereocenters. The van der Waals surface area contributed by atoms with E-state index in [9.17, 15) is 18.4 Å². The second kappa shape index (κ2) is 8.42. The maximum Gasteiger partial charge on any atom is 0.387 e. The molecule has 146 valence electrons. The fraction of sp³-hybridized carbons (Fsp3) is 0.222. The van der Waals surface area contributed by atoms with Crippen molar-refractivity contribution in [3.8, 4) is 11.5 Å². The van der Waals surface area contributed by atoms with Crippen LogP contribution in [-0.2, 0) is 17.9 Å². The Bertz CT molecular complexity index is 1060. The number of ether oxygens (including phenoxy) is 2. The summed E-state index contributed by atoms with van der Waals surface area (Å²) in [6.07, 6.45) is 0. The van der Waals surface area contributed by atoms with Crippen LogP contribution < -0.4 is 20.3 Å². The number of rotatable bonds is 7. The molecule has 3 aromatic rings. The first-order valence-corrected chi connectivity index (χ1v) is 8.19. The van der Waals surface area contributed by atoms with Crippen molar-refractivity contribution in [3.63, 3.8) is 0 Å². The monoisotopic (exact) mass is 390 g/mol. The molecule has 1 amide bonds. The molecule has 0 saturated heterocycles. The lowest BCUT2D eigenvalue weighted by atomic mass is 10.2. The van der Waals surface area contributed by atoms with Crippen LogP contribution in [0.5, 0.6) is 11.5 Å². The third-order valence-electron chi connectivity index (χ3n) is 3.86. The van der Waals surface area contributed by atoms with Crippen LogP contribution in [0.25, 0.3) is 10.9 Å². The van der Waals surface area contributed by atoms with Gasteiger partial charge in [0, 0.05) is 6.54 Å². The molecule has 0 radical (unpaired) electrons. The van der Waals surface area contributed by atoms with Gasteiger partial charge in [0.15, 0.2) is 11.5 Å². The van der Waals surface area contributed by atoms with Gasteiger partial charge in [0.25, 0.3) is 5.56 Å². The van der Waals surface area contributed by atoms with Gasteiger partial charge in [-0.25, -0.2) is 4.68 Å². The first-order chi connectivity index (χ1) is 13.5. The first-order valence-electron chi connectivity index (χ1n) is 8.19. The van der Waals surface area contributed by atoms with Crippen LogP contribution in [0.4, 0.5) is 8.78 Å². The number of amides is 1. The van der Waals surface area contributed by atoms with Gasteiger partial charge in [0.05, 0.1) is 12.5 Å². The van der Waals surface area contributed by atoms with Crippen LogP contribution >= 0.6 is 0 Å². The Morgan fingerprint density at radius 2 is 2.00 bits per heavy atom. The third kappa shape index (κ3) is 4.40. The number of carbonyl (C=O) groups excluding carboxylic acids is 1. The molecule has 0 atom stereocenters. The van der Waals surface area contributed by atoms with Gasteiger partial charge in [-0.1, -0.05) is 23.4 Å². The minimum Gasteiger partial charge on any atom is -0.493 e. The molecule has 2 aromatic carbocycles. The molecule has 10 heteroatoms. The summed E-state index contributed by atoms with van der Waals surface area (Å²) in [4.78, 5) is 24.5. The lowest BCUT2D eigenvalue weighted by Crippen LogP contribution is -2.34. The van der Waals surface area contributed by atoms with Crippen molar-refractivity contribution in [2.45, 2.75) is 19.7 Å². The molecule has 28 heavy (non-hydrogen) atoms. The van der Waals surface area contributed by atoms with Crippen molar-refractivity contribution in [2.24, 2.45) is 0 Å². The Kier molecular flexibility index (Phi) is 5.78. The highest BCUT2D eigenvalue weighted by atomic mass is 19.3. The van der Waals surface area contributed by atoms with E-state index in [0.29, 0.717) is 16.5 Å². The number of methoxy groups -OCH3 is 1. The van der Waals surface area contributed by atoms with E-state index in [1.54, 1.807) is 30.3 Å². The SMILES string of the molecule is COc1ccc(CNC(=O)Cn2nnc3ccccc3c2=O)cc1OC(F)F. The number of benzene rings is 2. The van der Waals surface area contributed by atoms with E-state index in [4.69, 9.17) is 4.74 Å². The zero-order valence-corrected chi connectivity index (χ0v) is 14.8. The number of aromatic nitrogens is 3. The highest BCUT2D eigenvalue weighted by Crippen LogP contribution is 2.29. The van der Waals surface area contributed by atoms with Crippen molar-refractivity contribution >= 4 is 16.8 Å². The number of alkyl halides is 2. The van der Waals surface area contributed by atoms with E-state index < -0.39 is 18.1 Å². The van der Waals surface area contributed by atoms with Gasteiger partial charge >= 0.3 is 6.61 Å². The highest BCUT2D eigenvalue weighted by Gasteiger charge is 2.13. The van der Waals surface area contributed by atoms with Crippen LogP contribution in [0, 0.1) is 0 Å². The van der Waals surface area contributed by atoms with E-state index in [2.05, 4.69) is 20.4 Å². The smallest absolute Gasteiger partial charge is 0.387 e. The van der Waals surface area contributed by atoms with Gasteiger partial charge in [0.2, 0.25) is 5.91 Å². The molecule has 8 nitrogen and oxygen atoms in total. The largest absolute Gasteiger partial charge is 0.493 e. The predicted octanol–water partition coefficient (Wildman–Crippen LogP) is 1.72. The molecule has 0 spiro atoms. The summed E-state index contributed by atoms with van der Waals surface area (Å²) in [5.74, 6) is -0.479. The summed E-state index contributed by atoms with van der Waals surface area (Å²) in [6.45, 7) is -3.29. The average molecular weight is 390 g/mol. The molecule has 1 heterocycles. The zero-order chi connectivity index (χ0) is 20.1. The molecule has 0 aliphatic carbocycles. The van der Waals surface area contributed by atoms with Crippen LogP contribution in [0.3, 0.4) is 0 Å². The Balaban J connectivity index is 1.68. The topological polar surface area (TPSA) is 95.3 Å². The maximum absolute atomic E-state index is 12.5. The Labute approximate surface area is 157 Å². The summed E-state index contributed by atoms with van der Waals surface area (Å²) in [5.41, 5.74) is 0.522. The van der Waals surface area contributed by atoms with Gasteiger partial charge in [-0.15, -0.1) is 5.10 Å². The van der Waals surface area contributed by atoms with Gasteiger partial charge in [0.1, 0.15) is 12.1 Å². The normalized spacial score (nSPS) is 10.9. The van der Waals surface area contributed by atoms with Crippen molar-refractivity contribution in [2.75, 3.05) is 7.11 Å². The number of carbonyl (C=O) groups is 1. The molecule has 0 aliphatic rings. The Hall–Kier alpha value is -3.56. The predicted molar refractivity (Wildman–Crippen MR) is 95.3 cm³/mol. The number of hydrogen-bond donors (Lipinski definition) is 1. The number of hydrogen-bond acceptors (Lipinski definition) is 6. The molecule has 0 fully saturated rings. The van der Waals surface area contributed by atoms with Gasteiger partial charge in [-0.2, -0.15) is 8.78 Å². The second-order valence-electron chi connectivity index (χ2n) is 5.71. The summed E-state index contributed by atoms with van der Waals surface area (Å²) >= 11 is 0. The number of nitrogens with one attached hydrogen (secondary N) is 1. The third-order valence-corrected chi connectivity index (χ3v) is 3.86. The van der Waals surface area contributed by atoms with Gasteiger partial charge < -0.3 is 14.8 Å². The lowest BCUT2D eigenvalue weighted by molar-refractivity contribution is -0.122. The molecule has 0 bridgehead atoms. The van der Waals surface area contributed by atoms with Crippen molar-refractivity contribution in [1.82, 2.24) is 20.3 Å². The molecule has 0 saturated carbocycles. The number of nitrogens with zero attached hydrogens (tertiary/aromatic N) is 3. The van der Waals surface area contributed by atoms with Gasteiger partial charge in [-0.05, 0) is 29.8 Å². The van der Waals surface area contributed by atoms with E-state index in [1.165, 1.54) is 19.2 Å². The Morgan fingerprint density at radius 1 is 1.21 bits per heavy atom. The molecule has 0 aliphatic heterocycles. The first kappa shape index (κ1) is 19.2. The van der Waals surface area contributed by atoms with Crippen molar-refractivity contribution in [3.05, 3.63) is 58.4 Å². The zero-order valence-electron chi connectivity index (χ0n) is 14.8. The Morgan fingerprint density at radius 3 is 2.75 bits per heavy atom.